The minimum Gasteiger partial charge on any atom is -0.345 e. The zero-order valence-corrected chi connectivity index (χ0v) is 13.7. The summed E-state index contributed by atoms with van der Waals surface area (Å²) in [5.74, 6) is 4.36. The van der Waals surface area contributed by atoms with Gasteiger partial charge in [-0.25, -0.2) is 4.98 Å². The van der Waals surface area contributed by atoms with E-state index in [4.69, 9.17) is 5.26 Å². The zero-order chi connectivity index (χ0) is 16.1. The number of nitrogens with one attached hydrogen (secondary N) is 1. The summed E-state index contributed by atoms with van der Waals surface area (Å²) in [4.78, 5) is 7.93. The molecule has 4 saturated carbocycles. The second-order valence-electron chi connectivity index (χ2n) is 7.76. The lowest BCUT2D eigenvalue weighted by molar-refractivity contribution is 0.0705. The normalized spacial score (nSPS) is 30.4. The number of allylic oxidation sites excluding steroid dienone is 1. The standard InChI is InChI=1S/C21H21N3/c22-12-13-1-3-16(4-2-13)20(21-23-5-6-24-21)19-17-8-14-7-15(10-17)11-18(19)9-14/h1-6,14-15,17-18H,7-11H2,(H,23,24). The van der Waals surface area contributed by atoms with Crippen LogP contribution < -0.4 is 0 Å². The summed E-state index contributed by atoms with van der Waals surface area (Å²) in [5.41, 5.74) is 4.86. The van der Waals surface area contributed by atoms with Crippen molar-refractivity contribution < 1.29 is 0 Å². The highest BCUT2D eigenvalue weighted by Gasteiger charge is 2.46. The van der Waals surface area contributed by atoms with Crippen LogP contribution in [0.1, 0.15) is 49.1 Å². The number of nitrogens with zero attached hydrogens (tertiary/aromatic N) is 2. The second kappa shape index (κ2) is 5.34. The van der Waals surface area contributed by atoms with E-state index in [1.165, 1.54) is 43.2 Å². The summed E-state index contributed by atoms with van der Waals surface area (Å²) in [7, 11) is 0. The molecule has 0 saturated heterocycles. The van der Waals surface area contributed by atoms with Gasteiger partial charge in [-0.1, -0.05) is 17.7 Å². The Balaban J connectivity index is 1.68. The molecule has 0 unspecified atom stereocenters. The van der Waals surface area contributed by atoms with Gasteiger partial charge in [0.25, 0.3) is 0 Å². The second-order valence-corrected chi connectivity index (χ2v) is 7.76. The molecule has 0 radical (unpaired) electrons. The Morgan fingerprint density at radius 3 is 2.21 bits per heavy atom. The van der Waals surface area contributed by atoms with Crippen molar-refractivity contribution in [2.45, 2.75) is 32.1 Å². The molecule has 4 bridgehead atoms. The van der Waals surface area contributed by atoms with Crippen molar-refractivity contribution >= 4 is 5.57 Å². The van der Waals surface area contributed by atoms with Crippen LogP contribution in [-0.4, -0.2) is 9.97 Å². The summed E-state index contributed by atoms with van der Waals surface area (Å²) in [5, 5.41) is 9.08. The largest absolute Gasteiger partial charge is 0.345 e. The zero-order valence-electron chi connectivity index (χ0n) is 13.7. The lowest BCUT2D eigenvalue weighted by Crippen LogP contribution is -2.40. The van der Waals surface area contributed by atoms with Crippen molar-refractivity contribution in [1.29, 1.82) is 5.26 Å². The van der Waals surface area contributed by atoms with Crippen molar-refractivity contribution in [3.05, 3.63) is 59.2 Å². The minimum absolute atomic E-state index is 0.715. The Morgan fingerprint density at radius 1 is 1.00 bits per heavy atom. The molecule has 4 fully saturated rings. The van der Waals surface area contributed by atoms with Gasteiger partial charge in [-0.2, -0.15) is 5.26 Å². The fraction of sp³-hybridized carbons (Fsp3) is 0.429. The highest BCUT2D eigenvalue weighted by Crippen LogP contribution is 2.58. The molecular weight excluding hydrogens is 294 g/mol. The van der Waals surface area contributed by atoms with Crippen LogP contribution in [0.2, 0.25) is 0 Å². The molecule has 0 aliphatic heterocycles. The predicted molar refractivity (Wildman–Crippen MR) is 92.8 cm³/mol. The molecule has 24 heavy (non-hydrogen) atoms. The van der Waals surface area contributed by atoms with Crippen molar-refractivity contribution in [1.82, 2.24) is 9.97 Å². The molecule has 4 aliphatic carbocycles. The van der Waals surface area contributed by atoms with Crippen LogP contribution in [0.25, 0.3) is 5.57 Å². The molecule has 1 N–H and O–H groups in total. The molecule has 0 spiro atoms. The monoisotopic (exact) mass is 315 g/mol. The van der Waals surface area contributed by atoms with E-state index in [0.717, 1.165) is 29.5 Å². The summed E-state index contributed by atoms with van der Waals surface area (Å²) < 4.78 is 0. The molecule has 4 aliphatic rings. The molecule has 120 valence electrons. The summed E-state index contributed by atoms with van der Waals surface area (Å²) in [6, 6.07) is 10.3. The molecule has 0 amide bonds. The van der Waals surface area contributed by atoms with Gasteiger partial charge in [-0.05, 0) is 73.5 Å². The summed E-state index contributed by atoms with van der Waals surface area (Å²) in [6.07, 6.45) is 10.7. The van der Waals surface area contributed by atoms with Crippen molar-refractivity contribution in [3.8, 4) is 6.07 Å². The van der Waals surface area contributed by atoms with Crippen LogP contribution in [0.5, 0.6) is 0 Å². The van der Waals surface area contributed by atoms with Crippen LogP contribution in [0.3, 0.4) is 0 Å². The quantitative estimate of drug-likeness (QED) is 0.884. The van der Waals surface area contributed by atoms with E-state index in [1.54, 1.807) is 5.57 Å². The number of H-pyrrole nitrogens is 1. The molecule has 3 heteroatoms. The van der Waals surface area contributed by atoms with Crippen molar-refractivity contribution in [2.75, 3.05) is 0 Å². The lowest BCUT2D eigenvalue weighted by atomic mass is 9.53. The summed E-state index contributed by atoms with van der Waals surface area (Å²) in [6.45, 7) is 0. The van der Waals surface area contributed by atoms with Gasteiger partial charge >= 0.3 is 0 Å². The number of hydrogen-bond acceptors (Lipinski definition) is 2. The molecule has 1 aromatic carbocycles. The van der Waals surface area contributed by atoms with Gasteiger partial charge in [0.1, 0.15) is 5.82 Å². The fourth-order valence-electron chi connectivity index (χ4n) is 5.65. The number of benzene rings is 1. The van der Waals surface area contributed by atoms with Gasteiger partial charge in [0.05, 0.1) is 11.6 Å². The van der Waals surface area contributed by atoms with Crippen LogP contribution in [-0.2, 0) is 0 Å². The van der Waals surface area contributed by atoms with Gasteiger partial charge in [0.2, 0.25) is 0 Å². The average molecular weight is 315 g/mol. The maximum Gasteiger partial charge on any atom is 0.137 e. The average Bonchev–Trinajstić information content (AvgIpc) is 3.12. The van der Waals surface area contributed by atoms with Gasteiger partial charge in [0.15, 0.2) is 0 Å². The van der Waals surface area contributed by atoms with Crippen molar-refractivity contribution in [2.24, 2.45) is 23.7 Å². The van der Waals surface area contributed by atoms with E-state index in [1.807, 2.05) is 24.5 Å². The Labute approximate surface area is 142 Å². The summed E-state index contributed by atoms with van der Waals surface area (Å²) >= 11 is 0. The third kappa shape index (κ3) is 2.13. The molecular formula is C21H21N3. The van der Waals surface area contributed by atoms with E-state index in [9.17, 15) is 0 Å². The van der Waals surface area contributed by atoms with E-state index in [0.29, 0.717) is 5.56 Å². The first kappa shape index (κ1) is 14.0. The molecule has 0 atom stereocenters. The molecule has 3 nitrogen and oxygen atoms in total. The maximum atomic E-state index is 9.08. The first-order valence-electron chi connectivity index (χ1n) is 9.06. The maximum absolute atomic E-state index is 9.08. The van der Waals surface area contributed by atoms with Gasteiger partial charge < -0.3 is 4.98 Å². The predicted octanol–water partition coefficient (Wildman–Crippen LogP) is 4.54. The van der Waals surface area contributed by atoms with Crippen LogP contribution in [0.4, 0.5) is 0 Å². The third-order valence-corrected chi connectivity index (χ3v) is 6.34. The molecule has 2 aromatic rings. The first-order chi connectivity index (χ1) is 11.8. The van der Waals surface area contributed by atoms with Crippen LogP contribution in [0.15, 0.2) is 42.2 Å². The fourth-order valence-corrected chi connectivity index (χ4v) is 5.65. The van der Waals surface area contributed by atoms with E-state index >= 15 is 0 Å². The lowest BCUT2D eigenvalue weighted by Gasteiger charge is -2.52. The third-order valence-electron chi connectivity index (χ3n) is 6.34. The molecule has 1 aromatic heterocycles. The first-order valence-corrected chi connectivity index (χ1v) is 9.06. The smallest absolute Gasteiger partial charge is 0.137 e. The highest BCUT2D eigenvalue weighted by atomic mass is 14.9. The number of rotatable bonds is 2. The molecule has 6 rings (SSSR count). The van der Waals surface area contributed by atoms with E-state index < -0.39 is 0 Å². The van der Waals surface area contributed by atoms with Gasteiger partial charge in [-0.15, -0.1) is 0 Å². The van der Waals surface area contributed by atoms with Crippen LogP contribution in [0, 0.1) is 35.0 Å². The van der Waals surface area contributed by atoms with Gasteiger partial charge in [0, 0.05) is 18.0 Å². The van der Waals surface area contributed by atoms with Crippen molar-refractivity contribution in [3.63, 3.8) is 0 Å². The highest BCUT2D eigenvalue weighted by molar-refractivity contribution is 5.80. The Kier molecular flexibility index (Phi) is 3.13. The molecule has 1 heterocycles. The Hall–Kier alpha value is -2.34. The Bertz CT molecular complexity index is 791. The number of imidazole rings is 1. The van der Waals surface area contributed by atoms with E-state index in [2.05, 4.69) is 28.2 Å². The number of nitriles is 1. The Morgan fingerprint density at radius 2 is 1.67 bits per heavy atom. The van der Waals surface area contributed by atoms with E-state index in [-0.39, 0.29) is 0 Å². The van der Waals surface area contributed by atoms with Crippen LogP contribution >= 0.6 is 0 Å². The topological polar surface area (TPSA) is 52.5 Å². The van der Waals surface area contributed by atoms with Gasteiger partial charge in [-0.3, -0.25) is 0 Å². The SMILES string of the molecule is N#Cc1ccc(C(=C2C3CC4CC(C3)CC2C4)c2ncc[nH]2)cc1. The number of aromatic amines is 1. The number of aromatic nitrogens is 2. The number of hydrogen-bond donors (Lipinski definition) is 1. The minimum atomic E-state index is 0.715.